The van der Waals surface area contributed by atoms with Crippen molar-refractivity contribution >= 4 is 5.78 Å². The summed E-state index contributed by atoms with van der Waals surface area (Å²) in [6.07, 6.45) is 7.38. The maximum atomic E-state index is 11.6. The summed E-state index contributed by atoms with van der Waals surface area (Å²) in [5.74, 6) is 1.29. The molecule has 0 saturated heterocycles. The van der Waals surface area contributed by atoms with Gasteiger partial charge >= 0.3 is 0 Å². The van der Waals surface area contributed by atoms with E-state index in [0.717, 1.165) is 50.8 Å². The van der Waals surface area contributed by atoms with E-state index < -0.39 is 0 Å². The number of unbranched alkanes of at least 4 members (excludes halogenated alkanes) is 4. The molecule has 0 unspecified atom stereocenters. The minimum Gasteiger partial charge on any atom is -0.507 e. The van der Waals surface area contributed by atoms with Gasteiger partial charge in [-0.05, 0) is 62.8 Å². The lowest BCUT2D eigenvalue weighted by molar-refractivity contribution is 0.101. The van der Waals surface area contributed by atoms with Crippen LogP contribution in [0, 0.1) is 11.3 Å². The van der Waals surface area contributed by atoms with Crippen molar-refractivity contribution in [2.45, 2.75) is 78.2 Å². The van der Waals surface area contributed by atoms with E-state index in [4.69, 9.17) is 10.00 Å². The van der Waals surface area contributed by atoms with Crippen molar-refractivity contribution in [3.8, 4) is 17.6 Å². The molecule has 162 valence electrons. The highest BCUT2D eigenvalue weighted by Crippen LogP contribution is 2.33. The van der Waals surface area contributed by atoms with Gasteiger partial charge in [0.05, 0.1) is 24.8 Å². The minimum absolute atomic E-state index is 0.0450. The molecule has 0 saturated carbocycles. The van der Waals surface area contributed by atoms with Crippen LogP contribution in [0.3, 0.4) is 0 Å². The van der Waals surface area contributed by atoms with Crippen LogP contribution in [0.5, 0.6) is 11.5 Å². The Morgan fingerprint density at radius 1 is 1.20 bits per heavy atom. The summed E-state index contributed by atoms with van der Waals surface area (Å²) in [7, 11) is 0. The van der Waals surface area contributed by atoms with Crippen LogP contribution in [0.1, 0.15) is 80.5 Å². The molecule has 0 radical (unpaired) electrons. The standard InChI is InChI=1S/C22H31N5O3/c1-3-10-19-20(13-12-18(17(2)28)22(19)29)30-16-9-4-6-11-21-24-26-27(25-21)15-8-5-7-14-23/h12-13,29H,3-11,15-16H2,1-2H3. The number of nitriles is 1. The Hall–Kier alpha value is -2.95. The Morgan fingerprint density at radius 2 is 2.03 bits per heavy atom. The monoisotopic (exact) mass is 413 g/mol. The molecule has 0 aliphatic rings. The predicted octanol–water partition coefficient (Wildman–Crippen LogP) is 4.02. The molecule has 0 aliphatic carbocycles. The maximum absolute atomic E-state index is 11.6. The first-order chi connectivity index (χ1) is 14.6. The van der Waals surface area contributed by atoms with Crippen molar-refractivity contribution in [1.82, 2.24) is 20.2 Å². The van der Waals surface area contributed by atoms with E-state index in [9.17, 15) is 9.90 Å². The van der Waals surface area contributed by atoms with Gasteiger partial charge in [-0.2, -0.15) is 10.1 Å². The molecule has 1 heterocycles. The lowest BCUT2D eigenvalue weighted by atomic mass is 10.0. The van der Waals surface area contributed by atoms with Crippen molar-refractivity contribution in [2.75, 3.05) is 6.61 Å². The third-order valence-electron chi connectivity index (χ3n) is 4.81. The smallest absolute Gasteiger partial charge is 0.174 e. The first kappa shape index (κ1) is 23.3. The molecule has 0 aliphatic heterocycles. The molecular formula is C22H31N5O3. The number of phenols is 1. The summed E-state index contributed by atoms with van der Waals surface area (Å²) in [6, 6.07) is 5.54. The number of aryl methyl sites for hydroxylation is 2. The number of ether oxygens (including phenoxy) is 1. The van der Waals surface area contributed by atoms with Crippen LogP contribution < -0.4 is 4.74 Å². The second-order valence-electron chi connectivity index (χ2n) is 7.32. The van der Waals surface area contributed by atoms with Gasteiger partial charge in [-0.1, -0.05) is 13.3 Å². The van der Waals surface area contributed by atoms with Crippen LogP contribution in [0.4, 0.5) is 0 Å². The molecule has 30 heavy (non-hydrogen) atoms. The highest BCUT2D eigenvalue weighted by molar-refractivity contribution is 5.97. The van der Waals surface area contributed by atoms with Gasteiger partial charge in [0.2, 0.25) is 0 Å². The van der Waals surface area contributed by atoms with Gasteiger partial charge in [-0.25, -0.2) is 0 Å². The van der Waals surface area contributed by atoms with Crippen LogP contribution in [0.2, 0.25) is 0 Å². The van der Waals surface area contributed by atoms with Crippen molar-refractivity contribution in [2.24, 2.45) is 0 Å². The SMILES string of the molecule is CCCc1c(OCCCCCc2nnn(CCCCC#N)n2)ccc(C(C)=O)c1O. The fourth-order valence-electron chi connectivity index (χ4n) is 3.20. The highest BCUT2D eigenvalue weighted by Gasteiger charge is 2.15. The number of tetrazole rings is 1. The first-order valence-corrected chi connectivity index (χ1v) is 10.7. The molecule has 8 heteroatoms. The van der Waals surface area contributed by atoms with Crippen LogP contribution >= 0.6 is 0 Å². The summed E-state index contributed by atoms with van der Waals surface area (Å²) in [4.78, 5) is 13.2. The molecule has 0 atom stereocenters. The van der Waals surface area contributed by atoms with Gasteiger partial charge in [0.1, 0.15) is 11.5 Å². The predicted molar refractivity (Wildman–Crippen MR) is 112 cm³/mol. The minimum atomic E-state index is -0.149. The largest absolute Gasteiger partial charge is 0.507 e. The summed E-state index contributed by atoms with van der Waals surface area (Å²) < 4.78 is 5.88. The first-order valence-electron chi connectivity index (χ1n) is 10.7. The molecule has 0 fully saturated rings. The van der Waals surface area contributed by atoms with Gasteiger partial charge in [0, 0.05) is 18.4 Å². The molecular weight excluding hydrogens is 382 g/mol. The number of carbonyl (C=O) groups excluding carboxylic acids is 1. The van der Waals surface area contributed by atoms with Crippen molar-refractivity contribution in [3.63, 3.8) is 0 Å². The van der Waals surface area contributed by atoms with Crippen molar-refractivity contribution < 1.29 is 14.6 Å². The number of hydrogen-bond donors (Lipinski definition) is 1. The Labute approximate surface area is 177 Å². The van der Waals surface area contributed by atoms with E-state index in [2.05, 4.69) is 21.5 Å². The second-order valence-corrected chi connectivity index (χ2v) is 7.32. The fourth-order valence-corrected chi connectivity index (χ4v) is 3.20. The third kappa shape index (κ3) is 7.14. The Kier molecular flexibility index (Phi) is 9.78. The Balaban J connectivity index is 1.72. The molecule has 1 N–H and O–H groups in total. The summed E-state index contributed by atoms with van der Waals surface area (Å²) in [6.45, 7) is 4.72. The molecule has 2 rings (SSSR count). The molecule has 1 aromatic carbocycles. The quantitative estimate of drug-likeness (QED) is 0.367. The van der Waals surface area contributed by atoms with E-state index in [0.29, 0.717) is 42.9 Å². The van der Waals surface area contributed by atoms with Crippen LogP contribution in [0.15, 0.2) is 12.1 Å². The van der Waals surface area contributed by atoms with E-state index in [1.165, 1.54) is 6.92 Å². The Morgan fingerprint density at radius 3 is 2.77 bits per heavy atom. The zero-order valence-electron chi connectivity index (χ0n) is 17.9. The average Bonchev–Trinajstić information content (AvgIpc) is 3.17. The van der Waals surface area contributed by atoms with Crippen molar-refractivity contribution in [3.05, 3.63) is 29.1 Å². The molecule has 1 aromatic heterocycles. The van der Waals surface area contributed by atoms with Gasteiger partial charge in [0.25, 0.3) is 0 Å². The number of carbonyl (C=O) groups is 1. The van der Waals surface area contributed by atoms with E-state index in [1.54, 1.807) is 16.9 Å². The lowest BCUT2D eigenvalue weighted by Crippen LogP contribution is -2.04. The van der Waals surface area contributed by atoms with Gasteiger partial charge in [-0.15, -0.1) is 10.2 Å². The molecule has 8 nitrogen and oxygen atoms in total. The summed E-state index contributed by atoms with van der Waals surface area (Å²) in [5.41, 5.74) is 1.05. The number of Topliss-reactive ketones (excluding diaryl/α,β-unsaturated/α-hetero) is 1. The summed E-state index contributed by atoms with van der Waals surface area (Å²) >= 11 is 0. The van der Waals surface area contributed by atoms with Gasteiger partial charge in [0.15, 0.2) is 11.6 Å². The molecule has 0 amide bonds. The lowest BCUT2D eigenvalue weighted by Gasteiger charge is -2.14. The number of hydrogen-bond acceptors (Lipinski definition) is 7. The van der Waals surface area contributed by atoms with Gasteiger partial charge in [-0.3, -0.25) is 4.79 Å². The number of ketones is 1. The van der Waals surface area contributed by atoms with Crippen LogP contribution in [0.25, 0.3) is 0 Å². The maximum Gasteiger partial charge on any atom is 0.174 e. The Bertz CT molecular complexity index is 857. The zero-order valence-corrected chi connectivity index (χ0v) is 17.9. The normalized spacial score (nSPS) is 10.7. The van der Waals surface area contributed by atoms with Crippen LogP contribution in [-0.2, 0) is 19.4 Å². The number of aromatic nitrogens is 4. The van der Waals surface area contributed by atoms with Gasteiger partial charge < -0.3 is 9.84 Å². The summed E-state index contributed by atoms with van der Waals surface area (Å²) in [5, 5.41) is 31.4. The topological polar surface area (TPSA) is 114 Å². The zero-order chi connectivity index (χ0) is 21.8. The number of rotatable bonds is 14. The van der Waals surface area contributed by atoms with Crippen molar-refractivity contribution in [1.29, 1.82) is 5.26 Å². The number of phenolic OH excluding ortho intramolecular Hbond substituents is 1. The van der Waals surface area contributed by atoms with E-state index >= 15 is 0 Å². The van der Waals surface area contributed by atoms with Crippen LogP contribution in [-0.4, -0.2) is 37.7 Å². The second kappa shape index (κ2) is 12.6. The third-order valence-corrected chi connectivity index (χ3v) is 4.81. The molecule has 0 bridgehead atoms. The fraction of sp³-hybridized carbons (Fsp3) is 0.591. The highest BCUT2D eigenvalue weighted by atomic mass is 16.5. The number of benzene rings is 1. The van der Waals surface area contributed by atoms with E-state index in [1.807, 2.05) is 6.92 Å². The van der Waals surface area contributed by atoms with E-state index in [-0.39, 0.29) is 11.5 Å². The number of nitrogens with zero attached hydrogens (tertiary/aromatic N) is 5. The molecule has 2 aromatic rings. The molecule has 0 spiro atoms. The average molecular weight is 414 g/mol. The number of aromatic hydroxyl groups is 1.